The van der Waals surface area contributed by atoms with Crippen LogP contribution in [0.15, 0.2) is 23.1 Å². The van der Waals surface area contributed by atoms with Crippen molar-refractivity contribution < 1.29 is 22.3 Å². The molecule has 1 aliphatic rings. The Morgan fingerprint density at radius 1 is 1.38 bits per heavy atom. The quantitative estimate of drug-likeness (QED) is 0.793. The number of piperidine rings is 1. The van der Waals surface area contributed by atoms with Crippen molar-refractivity contribution in [1.82, 2.24) is 4.31 Å². The molecule has 0 bridgehead atoms. The fourth-order valence-corrected chi connectivity index (χ4v) is 4.00. The molecule has 0 radical (unpaired) electrons. The van der Waals surface area contributed by atoms with Crippen LogP contribution < -0.4 is 0 Å². The van der Waals surface area contributed by atoms with E-state index in [-0.39, 0.29) is 30.0 Å². The highest BCUT2D eigenvalue weighted by Crippen LogP contribution is 2.27. The number of hydrogen-bond acceptors (Lipinski definition) is 4. The molecule has 8 heteroatoms. The van der Waals surface area contributed by atoms with Crippen LogP contribution in [0, 0.1) is 11.7 Å². The number of esters is 1. The molecule has 0 N–H and O–H groups in total. The van der Waals surface area contributed by atoms with Gasteiger partial charge in [-0.05, 0) is 31.0 Å². The number of sulfonamides is 1. The van der Waals surface area contributed by atoms with E-state index in [4.69, 9.17) is 11.6 Å². The first-order valence-electron chi connectivity index (χ1n) is 6.39. The largest absolute Gasteiger partial charge is 0.469 e. The molecule has 1 aromatic rings. The Bertz CT molecular complexity index is 642. The molecule has 0 aromatic heterocycles. The molecule has 21 heavy (non-hydrogen) atoms. The van der Waals surface area contributed by atoms with Crippen molar-refractivity contribution >= 4 is 27.6 Å². The van der Waals surface area contributed by atoms with E-state index in [1.165, 1.54) is 17.5 Å². The third-order valence-electron chi connectivity index (χ3n) is 3.50. The summed E-state index contributed by atoms with van der Waals surface area (Å²) in [7, 11) is -2.62. The maximum Gasteiger partial charge on any atom is 0.308 e. The normalized spacial score (nSPS) is 17.7. The molecule has 0 aliphatic carbocycles. The minimum absolute atomic E-state index is 0.135. The maximum absolute atomic E-state index is 13.8. The summed E-state index contributed by atoms with van der Waals surface area (Å²) in [5, 5.41) is 0.135. The third kappa shape index (κ3) is 3.36. The van der Waals surface area contributed by atoms with Gasteiger partial charge < -0.3 is 4.74 Å². The molecular weight excluding hydrogens is 321 g/mol. The molecule has 0 unspecified atom stereocenters. The van der Waals surface area contributed by atoms with Gasteiger partial charge >= 0.3 is 5.97 Å². The van der Waals surface area contributed by atoms with E-state index in [1.54, 1.807) is 0 Å². The van der Waals surface area contributed by atoms with Crippen LogP contribution in [-0.2, 0) is 19.6 Å². The average molecular weight is 336 g/mol. The summed E-state index contributed by atoms with van der Waals surface area (Å²) in [6, 6.07) is 3.45. The molecule has 0 saturated carbocycles. The van der Waals surface area contributed by atoms with Gasteiger partial charge in [0.15, 0.2) is 0 Å². The summed E-state index contributed by atoms with van der Waals surface area (Å²) in [5.41, 5.74) is 0. The second-order valence-electron chi connectivity index (χ2n) is 4.78. The number of methoxy groups -OCH3 is 1. The van der Waals surface area contributed by atoms with Crippen LogP contribution >= 0.6 is 11.6 Å². The molecule has 0 amide bonds. The van der Waals surface area contributed by atoms with Gasteiger partial charge in [-0.2, -0.15) is 4.31 Å². The minimum atomic E-state index is -3.92. The molecule has 5 nitrogen and oxygen atoms in total. The predicted molar refractivity (Wildman–Crippen MR) is 74.9 cm³/mol. The summed E-state index contributed by atoms with van der Waals surface area (Å²) in [5.74, 6) is -1.53. The zero-order valence-electron chi connectivity index (χ0n) is 11.4. The van der Waals surface area contributed by atoms with Gasteiger partial charge in [0, 0.05) is 18.1 Å². The average Bonchev–Trinajstić information content (AvgIpc) is 2.46. The zero-order valence-corrected chi connectivity index (χ0v) is 13.0. The number of halogens is 2. The molecule has 0 spiro atoms. The Morgan fingerprint density at radius 3 is 2.52 bits per heavy atom. The van der Waals surface area contributed by atoms with Crippen LogP contribution in [0.3, 0.4) is 0 Å². The number of ether oxygens (including phenoxy) is 1. The summed E-state index contributed by atoms with van der Waals surface area (Å²) in [6.07, 6.45) is 0.724. The van der Waals surface area contributed by atoms with Gasteiger partial charge in [-0.3, -0.25) is 4.79 Å². The third-order valence-corrected chi connectivity index (χ3v) is 5.67. The highest BCUT2D eigenvalue weighted by atomic mass is 35.5. The standard InChI is InChI=1S/C13H15ClFNO4S/c1-20-13(17)9-4-6-16(7-5-9)21(18,19)12-3-2-10(14)8-11(12)15/h2-3,8-9H,4-7H2,1H3. The van der Waals surface area contributed by atoms with Crippen molar-refractivity contribution in [2.75, 3.05) is 20.2 Å². The fourth-order valence-electron chi connectivity index (χ4n) is 2.32. The fraction of sp³-hybridized carbons (Fsp3) is 0.462. The summed E-state index contributed by atoms with van der Waals surface area (Å²) in [4.78, 5) is 11.0. The van der Waals surface area contributed by atoms with E-state index >= 15 is 0 Å². The van der Waals surface area contributed by atoms with E-state index in [0.29, 0.717) is 12.8 Å². The Labute approximate surface area is 127 Å². The summed E-state index contributed by atoms with van der Waals surface area (Å²) < 4.78 is 44.4. The molecule has 116 valence electrons. The van der Waals surface area contributed by atoms with Crippen LogP contribution in [0.5, 0.6) is 0 Å². The van der Waals surface area contributed by atoms with Gasteiger partial charge in [0.1, 0.15) is 10.7 Å². The van der Waals surface area contributed by atoms with E-state index in [1.807, 2.05) is 0 Å². The van der Waals surface area contributed by atoms with Crippen LogP contribution in [-0.4, -0.2) is 38.9 Å². The molecule has 1 saturated heterocycles. The van der Waals surface area contributed by atoms with Crippen LogP contribution in [0.4, 0.5) is 4.39 Å². The lowest BCUT2D eigenvalue weighted by Crippen LogP contribution is -2.40. The van der Waals surface area contributed by atoms with Gasteiger partial charge in [-0.1, -0.05) is 11.6 Å². The van der Waals surface area contributed by atoms with Crippen molar-refractivity contribution in [2.24, 2.45) is 5.92 Å². The number of carbonyl (C=O) groups excluding carboxylic acids is 1. The molecule has 0 atom stereocenters. The summed E-state index contributed by atoms with van der Waals surface area (Å²) in [6.45, 7) is 0.314. The summed E-state index contributed by atoms with van der Waals surface area (Å²) >= 11 is 5.62. The molecular formula is C13H15ClFNO4S. The minimum Gasteiger partial charge on any atom is -0.469 e. The Hall–Kier alpha value is -1.18. The Morgan fingerprint density at radius 2 is 2.00 bits per heavy atom. The number of rotatable bonds is 3. The predicted octanol–water partition coefficient (Wildman–Crippen LogP) is 2.05. The molecule has 1 heterocycles. The van der Waals surface area contributed by atoms with E-state index in [2.05, 4.69) is 4.74 Å². The molecule has 1 aliphatic heterocycles. The van der Waals surface area contributed by atoms with Crippen molar-refractivity contribution in [2.45, 2.75) is 17.7 Å². The van der Waals surface area contributed by atoms with Crippen LogP contribution in [0.1, 0.15) is 12.8 Å². The van der Waals surface area contributed by atoms with Gasteiger partial charge in [0.05, 0.1) is 13.0 Å². The zero-order chi connectivity index (χ0) is 15.6. The number of benzene rings is 1. The van der Waals surface area contributed by atoms with Crippen molar-refractivity contribution in [3.05, 3.63) is 29.0 Å². The first kappa shape index (κ1) is 16.2. The molecule has 1 aromatic carbocycles. The van der Waals surface area contributed by atoms with Gasteiger partial charge in [-0.25, -0.2) is 12.8 Å². The smallest absolute Gasteiger partial charge is 0.308 e. The van der Waals surface area contributed by atoms with E-state index in [0.717, 1.165) is 12.1 Å². The number of hydrogen-bond donors (Lipinski definition) is 0. The van der Waals surface area contributed by atoms with Crippen LogP contribution in [0.2, 0.25) is 5.02 Å². The van der Waals surface area contributed by atoms with E-state index in [9.17, 15) is 17.6 Å². The van der Waals surface area contributed by atoms with Crippen molar-refractivity contribution in [3.63, 3.8) is 0 Å². The highest BCUT2D eigenvalue weighted by molar-refractivity contribution is 7.89. The van der Waals surface area contributed by atoms with Gasteiger partial charge in [-0.15, -0.1) is 0 Å². The monoisotopic (exact) mass is 335 g/mol. The highest BCUT2D eigenvalue weighted by Gasteiger charge is 2.33. The van der Waals surface area contributed by atoms with E-state index < -0.39 is 20.7 Å². The Kier molecular flexibility index (Phi) is 4.85. The SMILES string of the molecule is COC(=O)C1CCN(S(=O)(=O)c2ccc(Cl)cc2F)CC1. The first-order chi connectivity index (χ1) is 9.86. The maximum atomic E-state index is 13.8. The molecule has 1 fully saturated rings. The lowest BCUT2D eigenvalue weighted by molar-refractivity contribution is -0.146. The van der Waals surface area contributed by atoms with Crippen molar-refractivity contribution in [3.8, 4) is 0 Å². The Balaban J connectivity index is 2.17. The second-order valence-corrected chi connectivity index (χ2v) is 7.12. The van der Waals surface area contributed by atoms with Crippen LogP contribution in [0.25, 0.3) is 0 Å². The van der Waals surface area contributed by atoms with Crippen molar-refractivity contribution in [1.29, 1.82) is 0 Å². The van der Waals surface area contributed by atoms with Gasteiger partial charge in [0.2, 0.25) is 10.0 Å². The second kappa shape index (κ2) is 6.29. The molecule has 2 rings (SSSR count). The lowest BCUT2D eigenvalue weighted by atomic mass is 9.99. The number of nitrogens with zero attached hydrogens (tertiary/aromatic N) is 1. The first-order valence-corrected chi connectivity index (χ1v) is 8.21. The topological polar surface area (TPSA) is 63.7 Å². The van der Waals surface area contributed by atoms with Gasteiger partial charge in [0.25, 0.3) is 0 Å². The number of carbonyl (C=O) groups is 1. The lowest BCUT2D eigenvalue weighted by Gasteiger charge is -2.29.